The normalized spacial score (nSPS) is 15.3. The van der Waals surface area contributed by atoms with E-state index in [0.29, 0.717) is 24.3 Å². The maximum Gasteiger partial charge on any atom is 0.319 e. The number of nitrogens with one attached hydrogen (secondary N) is 2. The average molecular weight is 343 g/mol. The molecule has 0 bridgehead atoms. The van der Waals surface area contributed by atoms with Gasteiger partial charge in [0.2, 0.25) is 0 Å². The van der Waals surface area contributed by atoms with Gasteiger partial charge in [-0.25, -0.2) is 4.79 Å². The molecule has 0 radical (unpaired) electrons. The molecule has 0 aliphatic heterocycles. The van der Waals surface area contributed by atoms with Gasteiger partial charge in [0.15, 0.2) is 0 Å². The summed E-state index contributed by atoms with van der Waals surface area (Å²) in [5, 5.41) is 14.2. The molecule has 0 aromatic heterocycles. The number of ether oxygens (including phenoxy) is 1. The first-order valence-corrected chi connectivity index (χ1v) is 6.87. The second-order valence-corrected chi connectivity index (χ2v) is 5.69. The molecule has 0 unspecified atom stereocenters. The first-order valence-electron chi connectivity index (χ1n) is 6.08. The van der Waals surface area contributed by atoms with Crippen molar-refractivity contribution in [2.45, 2.75) is 12.8 Å². The molecule has 1 aromatic rings. The molecular weight excluding hydrogens is 328 g/mol. The van der Waals surface area contributed by atoms with Crippen molar-refractivity contribution in [3.05, 3.63) is 22.7 Å². The SMILES string of the molecule is COc1cc(Br)cc(NC(=O)NCC2(C(=O)O)CC2)c1. The van der Waals surface area contributed by atoms with E-state index in [-0.39, 0.29) is 6.54 Å². The molecule has 1 saturated carbocycles. The molecule has 0 saturated heterocycles. The van der Waals surface area contributed by atoms with Gasteiger partial charge in [0, 0.05) is 22.8 Å². The summed E-state index contributed by atoms with van der Waals surface area (Å²) in [5.74, 6) is -0.249. The minimum Gasteiger partial charge on any atom is -0.497 e. The van der Waals surface area contributed by atoms with E-state index in [1.807, 2.05) is 0 Å². The van der Waals surface area contributed by atoms with Crippen LogP contribution in [-0.4, -0.2) is 30.8 Å². The Bertz CT molecular complexity index is 543. The van der Waals surface area contributed by atoms with Crippen LogP contribution in [0, 0.1) is 5.41 Å². The van der Waals surface area contributed by atoms with Crippen molar-refractivity contribution >= 4 is 33.6 Å². The van der Waals surface area contributed by atoms with Gasteiger partial charge in [-0.2, -0.15) is 0 Å². The number of urea groups is 1. The number of amides is 2. The van der Waals surface area contributed by atoms with Gasteiger partial charge in [-0.05, 0) is 25.0 Å². The molecular formula is C13H15BrN2O4. The van der Waals surface area contributed by atoms with Crippen molar-refractivity contribution in [1.29, 1.82) is 0 Å². The smallest absolute Gasteiger partial charge is 0.319 e. The molecule has 1 aliphatic rings. The zero-order valence-corrected chi connectivity index (χ0v) is 12.5. The number of hydrogen-bond acceptors (Lipinski definition) is 3. The van der Waals surface area contributed by atoms with E-state index in [1.165, 1.54) is 7.11 Å². The van der Waals surface area contributed by atoms with Crippen LogP contribution in [0.5, 0.6) is 5.75 Å². The Morgan fingerprint density at radius 2 is 2.10 bits per heavy atom. The average Bonchev–Trinajstić information content (AvgIpc) is 3.16. The minimum atomic E-state index is -0.859. The predicted molar refractivity (Wildman–Crippen MR) is 77.0 cm³/mol. The van der Waals surface area contributed by atoms with Gasteiger partial charge >= 0.3 is 12.0 Å². The zero-order chi connectivity index (χ0) is 14.8. The maximum atomic E-state index is 11.7. The first-order chi connectivity index (χ1) is 9.45. The van der Waals surface area contributed by atoms with Crippen molar-refractivity contribution < 1.29 is 19.4 Å². The summed E-state index contributed by atoms with van der Waals surface area (Å²) in [7, 11) is 1.54. The highest BCUT2D eigenvalue weighted by atomic mass is 79.9. The number of hydrogen-bond donors (Lipinski definition) is 3. The summed E-state index contributed by atoms with van der Waals surface area (Å²) in [6.45, 7) is 0.138. The lowest BCUT2D eigenvalue weighted by Crippen LogP contribution is -2.36. The number of methoxy groups -OCH3 is 1. The van der Waals surface area contributed by atoms with Crippen LogP contribution in [0.1, 0.15) is 12.8 Å². The summed E-state index contributed by atoms with van der Waals surface area (Å²) in [4.78, 5) is 22.7. The van der Waals surface area contributed by atoms with E-state index >= 15 is 0 Å². The number of carbonyl (C=O) groups is 2. The molecule has 0 heterocycles. The molecule has 7 heteroatoms. The lowest BCUT2D eigenvalue weighted by Gasteiger charge is -2.12. The summed E-state index contributed by atoms with van der Waals surface area (Å²) >= 11 is 3.31. The highest BCUT2D eigenvalue weighted by molar-refractivity contribution is 9.10. The maximum absolute atomic E-state index is 11.7. The van der Waals surface area contributed by atoms with E-state index in [0.717, 1.165) is 4.47 Å². The largest absolute Gasteiger partial charge is 0.497 e. The highest BCUT2D eigenvalue weighted by Gasteiger charge is 2.50. The number of rotatable bonds is 5. The Balaban J connectivity index is 1.92. The lowest BCUT2D eigenvalue weighted by atomic mass is 10.1. The molecule has 3 N–H and O–H groups in total. The summed E-state index contributed by atoms with van der Waals surface area (Å²) < 4.78 is 5.87. The van der Waals surface area contributed by atoms with Gasteiger partial charge in [0.1, 0.15) is 5.75 Å². The van der Waals surface area contributed by atoms with Gasteiger partial charge in [-0.1, -0.05) is 15.9 Å². The number of carbonyl (C=O) groups excluding carboxylic acids is 1. The third kappa shape index (κ3) is 3.41. The van der Waals surface area contributed by atoms with Gasteiger partial charge in [0.25, 0.3) is 0 Å². The van der Waals surface area contributed by atoms with E-state index < -0.39 is 17.4 Å². The van der Waals surface area contributed by atoms with Crippen molar-refractivity contribution in [2.75, 3.05) is 19.0 Å². The number of carboxylic acids is 1. The lowest BCUT2D eigenvalue weighted by molar-refractivity contribution is -0.143. The molecule has 0 spiro atoms. The zero-order valence-electron chi connectivity index (χ0n) is 10.9. The second-order valence-electron chi connectivity index (χ2n) is 4.77. The van der Waals surface area contributed by atoms with Crippen LogP contribution in [0.25, 0.3) is 0 Å². The van der Waals surface area contributed by atoms with Crippen LogP contribution < -0.4 is 15.4 Å². The third-order valence-electron chi connectivity index (χ3n) is 3.26. The van der Waals surface area contributed by atoms with Gasteiger partial charge < -0.3 is 20.5 Å². The molecule has 1 aliphatic carbocycles. The van der Waals surface area contributed by atoms with Crippen LogP contribution in [-0.2, 0) is 4.79 Å². The second kappa shape index (κ2) is 5.70. The summed E-state index contributed by atoms with van der Waals surface area (Å²) in [6.07, 6.45) is 1.21. The first kappa shape index (κ1) is 14.6. The molecule has 0 atom stereocenters. The summed E-state index contributed by atoms with van der Waals surface area (Å²) in [5.41, 5.74) is -0.208. The number of benzene rings is 1. The van der Waals surface area contributed by atoms with Crippen molar-refractivity contribution in [3.8, 4) is 5.75 Å². The molecule has 2 amide bonds. The van der Waals surface area contributed by atoms with Crippen molar-refractivity contribution in [1.82, 2.24) is 5.32 Å². The third-order valence-corrected chi connectivity index (χ3v) is 3.72. The van der Waals surface area contributed by atoms with Crippen LogP contribution in [0.15, 0.2) is 22.7 Å². The van der Waals surface area contributed by atoms with Crippen molar-refractivity contribution in [3.63, 3.8) is 0 Å². The molecule has 6 nitrogen and oxygen atoms in total. The molecule has 1 fully saturated rings. The monoisotopic (exact) mass is 342 g/mol. The summed E-state index contributed by atoms with van der Waals surface area (Å²) in [6, 6.07) is 4.74. The molecule has 20 heavy (non-hydrogen) atoms. The van der Waals surface area contributed by atoms with Crippen LogP contribution in [0.4, 0.5) is 10.5 Å². The predicted octanol–water partition coefficient (Wildman–Crippen LogP) is 2.44. The standard InChI is InChI=1S/C13H15BrN2O4/c1-20-10-5-8(14)4-9(6-10)16-12(19)15-7-13(2-3-13)11(17)18/h4-6H,2-3,7H2,1H3,(H,17,18)(H2,15,16,19). The van der Waals surface area contributed by atoms with Gasteiger partial charge in [-0.3, -0.25) is 4.79 Å². The van der Waals surface area contributed by atoms with Crippen LogP contribution >= 0.6 is 15.9 Å². The van der Waals surface area contributed by atoms with E-state index in [4.69, 9.17) is 9.84 Å². The molecule has 108 valence electrons. The Hall–Kier alpha value is -1.76. The fraction of sp³-hybridized carbons (Fsp3) is 0.385. The fourth-order valence-corrected chi connectivity index (χ4v) is 2.27. The number of halogens is 1. The number of aliphatic carboxylic acids is 1. The van der Waals surface area contributed by atoms with Gasteiger partial charge in [-0.15, -0.1) is 0 Å². The Labute approximate surface area is 124 Å². The Morgan fingerprint density at radius 1 is 1.40 bits per heavy atom. The van der Waals surface area contributed by atoms with Gasteiger partial charge in [0.05, 0.1) is 12.5 Å². The van der Waals surface area contributed by atoms with Crippen LogP contribution in [0.3, 0.4) is 0 Å². The van der Waals surface area contributed by atoms with E-state index in [9.17, 15) is 9.59 Å². The number of anilines is 1. The quantitative estimate of drug-likeness (QED) is 0.766. The van der Waals surface area contributed by atoms with E-state index in [1.54, 1.807) is 18.2 Å². The topological polar surface area (TPSA) is 87.7 Å². The highest BCUT2D eigenvalue weighted by Crippen LogP contribution is 2.45. The Morgan fingerprint density at radius 3 is 2.65 bits per heavy atom. The molecule has 2 rings (SSSR count). The van der Waals surface area contributed by atoms with Crippen molar-refractivity contribution in [2.24, 2.45) is 5.41 Å². The van der Waals surface area contributed by atoms with Crippen LogP contribution in [0.2, 0.25) is 0 Å². The van der Waals surface area contributed by atoms with E-state index in [2.05, 4.69) is 26.6 Å². The fourth-order valence-electron chi connectivity index (χ4n) is 1.79. The number of carboxylic acid groups (broad SMARTS) is 1. The Kier molecular flexibility index (Phi) is 4.17. The minimum absolute atomic E-state index is 0.138. The molecule has 1 aromatic carbocycles.